The topological polar surface area (TPSA) is 99.6 Å². The molecule has 2 rings (SSSR count). The number of pyridine rings is 1. The molecule has 1 aliphatic heterocycles. The lowest BCUT2D eigenvalue weighted by molar-refractivity contribution is -0.132. The molecule has 0 bridgehead atoms. The van der Waals surface area contributed by atoms with Crippen molar-refractivity contribution in [2.75, 3.05) is 18.4 Å². The van der Waals surface area contributed by atoms with E-state index >= 15 is 0 Å². The monoisotopic (exact) mass is 291 g/mol. The Labute approximate surface area is 122 Å². The first kappa shape index (κ1) is 15.0. The van der Waals surface area contributed by atoms with E-state index in [2.05, 4.69) is 10.3 Å². The number of likely N-dealkylation sites (tertiary alicyclic amines) is 1. The minimum absolute atomic E-state index is 0.0311. The van der Waals surface area contributed by atoms with E-state index in [1.807, 2.05) is 0 Å². The van der Waals surface area contributed by atoms with Crippen LogP contribution in [0.15, 0.2) is 18.3 Å². The Kier molecular flexibility index (Phi) is 4.52. The molecule has 0 spiro atoms. The molecule has 0 aliphatic carbocycles. The molecule has 1 atom stereocenters. The summed E-state index contributed by atoms with van der Waals surface area (Å²) in [6.45, 7) is 2.59. The SMILES string of the molecule is CC(=O)N1CCCC(C(=O)Nc2ccc(C(=O)O)cn2)C1. The summed E-state index contributed by atoms with van der Waals surface area (Å²) in [6, 6.07) is 2.83. The van der Waals surface area contributed by atoms with E-state index in [-0.39, 0.29) is 23.3 Å². The number of piperidine rings is 1. The summed E-state index contributed by atoms with van der Waals surface area (Å²) in [5.41, 5.74) is 0.0634. The van der Waals surface area contributed by atoms with Gasteiger partial charge in [0.05, 0.1) is 11.5 Å². The van der Waals surface area contributed by atoms with Gasteiger partial charge in [0.2, 0.25) is 11.8 Å². The Morgan fingerprint density at radius 3 is 2.71 bits per heavy atom. The minimum atomic E-state index is -1.07. The minimum Gasteiger partial charge on any atom is -0.478 e. The quantitative estimate of drug-likeness (QED) is 0.864. The van der Waals surface area contributed by atoms with Crippen LogP contribution in [-0.2, 0) is 9.59 Å². The maximum absolute atomic E-state index is 12.1. The van der Waals surface area contributed by atoms with E-state index < -0.39 is 5.97 Å². The fourth-order valence-electron chi connectivity index (χ4n) is 2.30. The van der Waals surface area contributed by atoms with Crippen LogP contribution in [0.5, 0.6) is 0 Å². The van der Waals surface area contributed by atoms with Gasteiger partial charge < -0.3 is 15.3 Å². The van der Waals surface area contributed by atoms with Crippen LogP contribution in [0, 0.1) is 5.92 Å². The van der Waals surface area contributed by atoms with Gasteiger partial charge in [0.25, 0.3) is 0 Å². The average Bonchev–Trinajstić information content (AvgIpc) is 2.48. The maximum Gasteiger partial charge on any atom is 0.337 e. The van der Waals surface area contributed by atoms with Crippen molar-refractivity contribution < 1.29 is 19.5 Å². The van der Waals surface area contributed by atoms with Crippen molar-refractivity contribution in [1.82, 2.24) is 9.88 Å². The summed E-state index contributed by atoms with van der Waals surface area (Å²) >= 11 is 0. The number of anilines is 1. The number of nitrogens with zero attached hydrogens (tertiary/aromatic N) is 2. The molecule has 0 saturated carbocycles. The van der Waals surface area contributed by atoms with Crippen LogP contribution >= 0.6 is 0 Å². The first-order chi connectivity index (χ1) is 9.97. The number of aromatic carboxylic acids is 1. The van der Waals surface area contributed by atoms with Gasteiger partial charge in [-0.15, -0.1) is 0 Å². The molecule has 1 saturated heterocycles. The molecule has 7 nitrogen and oxygen atoms in total. The van der Waals surface area contributed by atoms with Gasteiger partial charge in [0.1, 0.15) is 5.82 Å². The molecule has 1 fully saturated rings. The van der Waals surface area contributed by atoms with Crippen LogP contribution in [0.1, 0.15) is 30.1 Å². The number of rotatable bonds is 3. The third-order valence-electron chi connectivity index (χ3n) is 3.50. The molecular formula is C14H17N3O4. The van der Waals surface area contributed by atoms with Crippen LogP contribution in [0.4, 0.5) is 5.82 Å². The van der Waals surface area contributed by atoms with Gasteiger partial charge in [-0.1, -0.05) is 0 Å². The molecule has 2 heterocycles. The molecule has 0 aromatic carbocycles. The number of carboxylic acid groups (broad SMARTS) is 1. The van der Waals surface area contributed by atoms with Crippen molar-refractivity contribution >= 4 is 23.6 Å². The van der Waals surface area contributed by atoms with Gasteiger partial charge in [-0.05, 0) is 25.0 Å². The summed E-state index contributed by atoms with van der Waals surface area (Å²) < 4.78 is 0. The summed E-state index contributed by atoms with van der Waals surface area (Å²) in [7, 11) is 0. The Morgan fingerprint density at radius 2 is 2.14 bits per heavy atom. The summed E-state index contributed by atoms with van der Waals surface area (Å²) in [6.07, 6.45) is 2.71. The van der Waals surface area contributed by atoms with Crippen LogP contribution in [0.3, 0.4) is 0 Å². The Balaban J connectivity index is 1.97. The molecule has 112 valence electrons. The number of hydrogen-bond acceptors (Lipinski definition) is 4. The zero-order chi connectivity index (χ0) is 15.4. The van der Waals surface area contributed by atoms with E-state index in [1.165, 1.54) is 25.3 Å². The van der Waals surface area contributed by atoms with E-state index in [0.29, 0.717) is 18.9 Å². The van der Waals surface area contributed by atoms with Gasteiger partial charge in [0.15, 0.2) is 0 Å². The van der Waals surface area contributed by atoms with E-state index in [1.54, 1.807) is 4.90 Å². The number of carbonyl (C=O) groups is 3. The smallest absolute Gasteiger partial charge is 0.337 e. The second-order valence-electron chi connectivity index (χ2n) is 5.03. The first-order valence-electron chi connectivity index (χ1n) is 6.73. The second kappa shape index (κ2) is 6.34. The highest BCUT2D eigenvalue weighted by Crippen LogP contribution is 2.18. The molecule has 0 radical (unpaired) electrons. The summed E-state index contributed by atoms with van der Waals surface area (Å²) in [4.78, 5) is 39.8. The zero-order valence-electron chi connectivity index (χ0n) is 11.7. The van der Waals surface area contributed by atoms with Crippen molar-refractivity contribution in [2.24, 2.45) is 5.92 Å². The summed E-state index contributed by atoms with van der Waals surface area (Å²) in [5.74, 6) is -1.24. The van der Waals surface area contributed by atoms with Gasteiger partial charge >= 0.3 is 5.97 Å². The lowest BCUT2D eigenvalue weighted by Gasteiger charge is -2.31. The molecule has 2 N–H and O–H groups in total. The first-order valence-corrected chi connectivity index (χ1v) is 6.73. The highest BCUT2D eigenvalue weighted by atomic mass is 16.4. The maximum atomic E-state index is 12.1. The van der Waals surface area contributed by atoms with E-state index in [9.17, 15) is 14.4 Å². The number of carbonyl (C=O) groups excluding carboxylic acids is 2. The molecule has 1 aromatic heterocycles. The van der Waals surface area contributed by atoms with Gasteiger partial charge in [0, 0.05) is 26.2 Å². The largest absolute Gasteiger partial charge is 0.478 e. The lowest BCUT2D eigenvalue weighted by Crippen LogP contribution is -2.42. The lowest BCUT2D eigenvalue weighted by atomic mass is 9.97. The average molecular weight is 291 g/mol. The molecular weight excluding hydrogens is 274 g/mol. The van der Waals surface area contributed by atoms with Gasteiger partial charge in [-0.2, -0.15) is 0 Å². The zero-order valence-corrected chi connectivity index (χ0v) is 11.7. The fraction of sp³-hybridized carbons (Fsp3) is 0.429. The third kappa shape index (κ3) is 3.77. The highest BCUT2D eigenvalue weighted by Gasteiger charge is 2.27. The van der Waals surface area contributed by atoms with Crippen molar-refractivity contribution in [3.05, 3.63) is 23.9 Å². The number of nitrogens with one attached hydrogen (secondary N) is 1. The van der Waals surface area contributed by atoms with Crippen molar-refractivity contribution in [1.29, 1.82) is 0 Å². The molecule has 1 unspecified atom stereocenters. The van der Waals surface area contributed by atoms with Gasteiger partial charge in [-0.25, -0.2) is 9.78 Å². The normalized spacial score (nSPS) is 18.1. The molecule has 21 heavy (non-hydrogen) atoms. The van der Waals surface area contributed by atoms with Crippen molar-refractivity contribution in [3.63, 3.8) is 0 Å². The van der Waals surface area contributed by atoms with Crippen molar-refractivity contribution in [3.8, 4) is 0 Å². The van der Waals surface area contributed by atoms with Gasteiger partial charge in [-0.3, -0.25) is 9.59 Å². The van der Waals surface area contributed by atoms with Crippen LogP contribution in [0.2, 0.25) is 0 Å². The Bertz CT molecular complexity index is 556. The molecule has 2 amide bonds. The second-order valence-corrected chi connectivity index (χ2v) is 5.03. The fourth-order valence-corrected chi connectivity index (χ4v) is 2.30. The van der Waals surface area contributed by atoms with Crippen LogP contribution in [0.25, 0.3) is 0 Å². The van der Waals surface area contributed by atoms with Crippen molar-refractivity contribution in [2.45, 2.75) is 19.8 Å². The summed E-state index contributed by atoms with van der Waals surface area (Å²) in [5, 5.41) is 11.4. The number of carboxylic acids is 1. The Hall–Kier alpha value is -2.44. The molecule has 7 heteroatoms. The number of hydrogen-bond donors (Lipinski definition) is 2. The van der Waals surface area contributed by atoms with E-state index in [4.69, 9.17) is 5.11 Å². The molecule has 1 aromatic rings. The third-order valence-corrected chi connectivity index (χ3v) is 3.50. The highest BCUT2D eigenvalue weighted by molar-refractivity contribution is 5.93. The van der Waals surface area contributed by atoms with E-state index in [0.717, 1.165) is 12.8 Å². The predicted octanol–water partition coefficient (Wildman–Crippen LogP) is 0.977. The standard InChI is InChI=1S/C14H17N3O4/c1-9(18)17-6-2-3-11(8-17)13(19)16-12-5-4-10(7-15-12)14(20)21/h4-5,7,11H,2-3,6,8H2,1H3,(H,20,21)(H,15,16,19). The predicted molar refractivity (Wildman–Crippen MR) is 74.8 cm³/mol. The number of aromatic nitrogens is 1. The number of amides is 2. The molecule has 1 aliphatic rings. The van der Waals surface area contributed by atoms with Crippen LogP contribution < -0.4 is 5.32 Å². The Morgan fingerprint density at radius 1 is 1.38 bits per heavy atom. The van der Waals surface area contributed by atoms with Crippen LogP contribution in [-0.4, -0.2) is 45.9 Å².